The molecule has 3 amide bonds. The molecule has 1 saturated carbocycles. The molecule has 1 N–H and O–H groups in total. The minimum absolute atomic E-state index is 0.0428. The number of carbonyl (C=O) groups is 3. The van der Waals surface area contributed by atoms with Gasteiger partial charge in [-0.15, -0.1) is 0 Å². The number of benzene rings is 2. The van der Waals surface area contributed by atoms with Gasteiger partial charge in [0.25, 0.3) is 17.7 Å². The Morgan fingerprint density at radius 2 is 1.70 bits per heavy atom. The monoisotopic (exact) mass is 442 g/mol. The third-order valence-corrected chi connectivity index (χ3v) is 6.44. The van der Waals surface area contributed by atoms with Gasteiger partial charge in [-0.05, 0) is 43.5 Å². The van der Waals surface area contributed by atoms with Crippen molar-refractivity contribution in [2.75, 3.05) is 5.32 Å². The number of nitrogens with zero attached hydrogens (tertiary/aromatic N) is 3. The fraction of sp³-hybridized carbons (Fsp3) is 0.308. The molecule has 7 nitrogen and oxygen atoms in total. The van der Waals surface area contributed by atoms with Gasteiger partial charge in [-0.1, -0.05) is 49.6 Å². The van der Waals surface area contributed by atoms with Gasteiger partial charge in [0, 0.05) is 17.7 Å². The number of fused-ring (bicyclic) bond motifs is 1. The number of rotatable bonds is 5. The van der Waals surface area contributed by atoms with E-state index < -0.39 is 0 Å². The Balaban J connectivity index is 1.36. The highest BCUT2D eigenvalue weighted by Gasteiger charge is 2.40. The normalized spacial score (nSPS) is 16.2. The Hall–Kier alpha value is -3.74. The van der Waals surface area contributed by atoms with Crippen LogP contribution in [0.2, 0.25) is 0 Å². The Bertz CT molecular complexity index is 1230. The molecular weight excluding hydrogens is 416 g/mol. The van der Waals surface area contributed by atoms with Crippen molar-refractivity contribution in [2.24, 2.45) is 0 Å². The number of carbonyl (C=O) groups excluding carboxylic acids is 3. The number of imide groups is 1. The predicted molar refractivity (Wildman–Crippen MR) is 124 cm³/mol. The van der Waals surface area contributed by atoms with Crippen molar-refractivity contribution < 1.29 is 14.4 Å². The van der Waals surface area contributed by atoms with Crippen molar-refractivity contribution >= 4 is 23.5 Å². The Labute approximate surface area is 192 Å². The standard InChI is InChI=1S/C26H26N4O3/c1-17-14-23(29(28-17)16-18-8-4-2-5-9-18)27-24(31)19-12-13-21-22(15-19)26(33)30(25(21)32)20-10-6-3-7-11-20/h2,4-5,8-9,12-15,20H,3,6-7,10-11,16H2,1H3,(H,27,31). The molecule has 5 rings (SSSR count). The number of nitrogens with one attached hydrogen (secondary N) is 1. The quantitative estimate of drug-likeness (QED) is 0.593. The number of aromatic nitrogens is 2. The number of aryl methyl sites for hydroxylation is 1. The van der Waals surface area contributed by atoms with Crippen molar-refractivity contribution in [3.8, 4) is 0 Å². The molecule has 33 heavy (non-hydrogen) atoms. The maximum absolute atomic E-state index is 13.1. The first-order chi connectivity index (χ1) is 16.0. The van der Waals surface area contributed by atoms with Crippen LogP contribution in [-0.4, -0.2) is 38.4 Å². The van der Waals surface area contributed by atoms with Gasteiger partial charge in [0.05, 0.1) is 23.4 Å². The summed E-state index contributed by atoms with van der Waals surface area (Å²) in [6.07, 6.45) is 4.90. The summed E-state index contributed by atoms with van der Waals surface area (Å²) in [5.41, 5.74) is 2.89. The van der Waals surface area contributed by atoms with Crippen LogP contribution in [0.25, 0.3) is 0 Å². The fourth-order valence-corrected chi connectivity index (χ4v) is 4.78. The van der Waals surface area contributed by atoms with E-state index in [9.17, 15) is 14.4 Å². The Morgan fingerprint density at radius 1 is 0.970 bits per heavy atom. The Kier molecular flexibility index (Phi) is 5.54. The largest absolute Gasteiger partial charge is 0.307 e. The zero-order chi connectivity index (χ0) is 22.9. The molecular formula is C26H26N4O3. The number of anilines is 1. The Morgan fingerprint density at radius 3 is 2.45 bits per heavy atom. The van der Waals surface area contributed by atoms with E-state index >= 15 is 0 Å². The second-order valence-electron chi connectivity index (χ2n) is 8.80. The molecule has 7 heteroatoms. The summed E-state index contributed by atoms with van der Waals surface area (Å²) in [7, 11) is 0. The average Bonchev–Trinajstić information content (AvgIpc) is 3.30. The van der Waals surface area contributed by atoms with E-state index in [4.69, 9.17) is 0 Å². The lowest BCUT2D eigenvalue weighted by atomic mass is 9.94. The van der Waals surface area contributed by atoms with Gasteiger partial charge < -0.3 is 5.32 Å². The summed E-state index contributed by atoms with van der Waals surface area (Å²) in [5, 5.41) is 7.40. The molecule has 0 unspecified atom stereocenters. The lowest BCUT2D eigenvalue weighted by Gasteiger charge is -2.29. The van der Waals surface area contributed by atoms with Gasteiger partial charge in [-0.3, -0.25) is 19.3 Å². The van der Waals surface area contributed by atoms with E-state index in [0.717, 1.165) is 43.4 Å². The van der Waals surface area contributed by atoms with Gasteiger partial charge in [0.1, 0.15) is 5.82 Å². The third-order valence-electron chi connectivity index (χ3n) is 6.44. The van der Waals surface area contributed by atoms with Crippen LogP contribution in [0, 0.1) is 6.92 Å². The van der Waals surface area contributed by atoms with Gasteiger partial charge in [0.15, 0.2) is 0 Å². The van der Waals surface area contributed by atoms with E-state index in [0.29, 0.717) is 29.1 Å². The number of hydrogen-bond acceptors (Lipinski definition) is 4. The molecule has 0 atom stereocenters. The highest BCUT2D eigenvalue weighted by molar-refractivity contribution is 6.22. The van der Waals surface area contributed by atoms with Gasteiger partial charge >= 0.3 is 0 Å². The van der Waals surface area contributed by atoms with Crippen molar-refractivity contribution in [1.29, 1.82) is 0 Å². The molecule has 0 radical (unpaired) electrons. The average molecular weight is 443 g/mol. The highest BCUT2D eigenvalue weighted by atomic mass is 16.2. The number of hydrogen-bond donors (Lipinski definition) is 1. The van der Waals surface area contributed by atoms with Crippen LogP contribution < -0.4 is 5.32 Å². The van der Waals surface area contributed by atoms with Crippen molar-refractivity contribution in [1.82, 2.24) is 14.7 Å². The van der Waals surface area contributed by atoms with E-state index in [-0.39, 0.29) is 23.8 Å². The van der Waals surface area contributed by atoms with Crippen LogP contribution in [0.1, 0.15) is 74.4 Å². The lowest BCUT2D eigenvalue weighted by Crippen LogP contribution is -2.40. The van der Waals surface area contributed by atoms with E-state index in [2.05, 4.69) is 10.4 Å². The topological polar surface area (TPSA) is 84.3 Å². The van der Waals surface area contributed by atoms with E-state index in [1.165, 1.54) is 4.90 Å². The summed E-state index contributed by atoms with van der Waals surface area (Å²) in [4.78, 5) is 40.4. The zero-order valence-corrected chi connectivity index (χ0v) is 18.6. The van der Waals surface area contributed by atoms with E-state index in [1.807, 2.05) is 43.3 Å². The van der Waals surface area contributed by atoms with Crippen LogP contribution >= 0.6 is 0 Å². The maximum atomic E-state index is 13.1. The van der Waals surface area contributed by atoms with Gasteiger partial charge in [-0.25, -0.2) is 4.68 Å². The fourth-order valence-electron chi connectivity index (χ4n) is 4.78. The number of amides is 3. The van der Waals surface area contributed by atoms with Crippen LogP contribution in [-0.2, 0) is 6.54 Å². The molecule has 0 saturated heterocycles. The maximum Gasteiger partial charge on any atom is 0.261 e. The van der Waals surface area contributed by atoms with Crippen molar-refractivity contribution in [3.63, 3.8) is 0 Å². The molecule has 2 aromatic carbocycles. The lowest BCUT2D eigenvalue weighted by molar-refractivity contribution is 0.0549. The second-order valence-corrected chi connectivity index (χ2v) is 8.80. The van der Waals surface area contributed by atoms with Crippen molar-refractivity contribution in [3.05, 3.63) is 82.5 Å². The summed E-state index contributed by atoms with van der Waals surface area (Å²) >= 11 is 0. The first-order valence-corrected chi connectivity index (χ1v) is 11.4. The van der Waals surface area contributed by atoms with Crippen LogP contribution in [0.3, 0.4) is 0 Å². The van der Waals surface area contributed by atoms with E-state index in [1.54, 1.807) is 22.9 Å². The molecule has 3 aromatic rings. The molecule has 0 spiro atoms. The molecule has 1 aromatic heterocycles. The molecule has 1 fully saturated rings. The predicted octanol–water partition coefficient (Wildman–Crippen LogP) is 4.42. The van der Waals surface area contributed by atoms with Crippen molar-refractivity contribution in [2.45, 2.75) is 51.6 Å². The molecule has 0 bridgehead atoms. The van der Waals surface area contributed by atoms with Gasteiger partial charge in [-0.2, -0.15) is 5.10 Å². The third kappa shape index (κ3) is 4.06. The summed E-state index contributed by atoms with van der Waals surface area (Å²) < 4.78 is 1.75. The highest BCUT2D eigenvalue weighted by Crippen LogP contribution is 2.31. The minimum atomic E-state index is -0.344. The molecule has 168 valence electrons. The first-order valence-electron chi connectivity index (χ1n) is 11.4. The SMILES string of the molecule is Cc1cc(NC(=O)c2ccc3c(c2)C(=O)N(C2CCCCC2)C3=O)n(Cc2ccccc2)n1. The molecule has 2 aliphatic rings. The molecule has 1 aliphatic heterocycles. The summed E-state index contributed by atoms with van der Waals surface area (Å²) in [6.45, 7) is 2.40. The van der Waals surface area contributed by atoms with Gasteiger partial charge in [0.2, 0.25) is 0 Å². The van der Waals surface area contributed by atoms with Crippen LogP contribution in [0.4, 0.5) is 5.82 Å². The summed E-state index contributed by atoms with van der Waals surface area (Å²) in [5.74, 6) is -0.302. The first kappa shape index (κ1) is 21.1. The zero-order valence-electron chi connectivity index (χ0n) is 18.6. The van der Waals surface area contributed by atoms with Crippen LogP contribution in [0.15, 0.2) is 54.6 Å². The smallest absolute Gasteiger partial charge is 0.261 e. The summed E-state index contributed by atoms with van der Waals surface area (Å²) in [6, 6.07) is 16.4. The minimum Gasteiger partial charge on any atom is -0.307 e. The molecule has 2 heterocycles. The second kappa shape index (κ2) is 8.65. The van der Waals surface area contributed by atoms with Crippen LogP contribution in [0.5, 0.6) is 0 Å². The molecule has 1 aliphatic carbocycles.